The Morgan fingerprint density at radius 3 is 3.00 bits per heavy atom. The normalized spacial score (nSPS) is 12.3. The van der Waals surface area contributed by atoms with Gasteiger partial charge < -0.3 is 10.3 Å². The van der Waals surface area contributed by atoms with Crippen molar-refractivity contribution in [1.82, 2.24) is 15.0 Å². The van der Waals surface area contributed by atoms with Gasteiger partial charge in [-0.25, -0.2) is 9.97 Å². The summed E-state index contributed by atoms with van der Waals surface area (Å²) >= 11 is 1.57. The smallest absolute Gasteiger partial charge is 0.290 e. The quantitative estimate of drug-likeness (QED) is 0.849. The first-order valence-corrected chi connectivity index (χ1v) is 5.89. The molecule has 2 aromatic heterocycles. The summed E-state index contributed by atoms with van der Waals surface area (Å²) in [6.07, 6.45) is 5.67. The lowest BCUT2D eigenvalue weighted by molar-refractivity contribution is 0.734. The van der Waals surface area contributed by atoms with Crippen LogP contribution >= 0.6 is 11.3 Å². The van der Waals surface area contributed by atoms with Crippen LogP contribution in [0, 0.1) is 0 Å². The highest BCUT2D eigenvalue weighted by Gasteiger charge is 2.13. The standard InChI is InChI=1S/C10H12N4OS/c1-2-7(10-13-5-6-16-10)14-8-9(15)12-4-3-11-8/h3-7H,2H2,1H3,(H,11,14)(H,12,15). The molecule has 0 aliphatic rings. The van der Waals surface area contributed by atoms with Crippen molar-refractivity contribution in [3.63, 3.8) is 0 Å². The second-order valence-electron chi connectivity index (χ2n) is 3.24. The molecule has 0 radical (unpaired) electrons. The minimum Gasteiger partial charge on any atom is -0.356 e. The summed E-state index contributed by atoms with van der Waals surface area (Å²) in [5, 5.41) is 5.98. The third-order valence-electron chi connectivity index (χ3n) is 2.18. The van der Waals surface area contributed by atoms with Crippen LogP contribution in [0.25, 0.3) is 0 Å². The van der Waals surface area contributed by atoms with Crippen LogP contribution < -0.4 is 10.9 Å². The zero-order valence-corrected chi connectivity index (χ0v) is 9.62. The lowest BCUT2D eigenvalue weighted by Gasteiger charge is -2.13. The molecule has 0 amide bonds. The molecule has 0 fully saturated rings. The summed E-state index contributed by atoms with van der Waals surface area (Å²) in [5.74, 6) is 0.338. The largest absolute Gasteiger partial charge is 0.356 e. The van der Waals surface area contributed by atoms with Gasteiger partial charge in [-0.1, -0.05) is 6.92 Å². The first-order chi connectivity index (χ1) is 7.81. The average Bonchev–Trinajstić information content (AvgIpc) is 2.81. The van der Waals surface area contributed by atoms with Gasteiger partial charge in [0.1, 0.15) is 5.01 Å². The summed E-state index contributed by atoms with van der Waals surface area (Å²) in [6.45, 7) is 2.04. The number of nitrogens with one attached hydrogen (secondary N) is 2. The molecule has 1 unspecified atom stereocenters. The van der Waals surface area contributed by atoms with Crippen molar-refractivity contribution in [2.45, 2.75) is 19.4 Å². The predicted octanol–water partition coefficient (Wildman–Crippen LogP) is 1.79. The molecule has 1 atom stereocenters. The lowest BCUT2D eigenvalue weighted by atomic mass is 10.2. The van der Waals surface area contributed by atoms with Crippen molar-refractivity contribution in [3.05, 3.63) is 39.3 Å². The Kier molecular flexibility index (Phi) is 3.31. The van der Waals surface area contributed by atoms with Crippen molar-refractivity contribution in [3.8, 4) is 0 Å². The van der Waals surface area contributed by atoms with E-state index >= 15 is 0 Å². The minimum absolute atomic E-state index is 0.0380. The number of hydrogen-bond donors (Lipinski definition) is 2. The predicted molar refractivity (Wildman–Crippen MR) is 63.6 cm³/mol. The Balaban J connectivity index is 2.20. The topological polar surface area (TPSA) is 70.7 Å². The summed E-state index contributed by atoms with van der Waals surface area (Å²) in [4.78, 5) is 22.2. The maximum Gasteiger partial charge on any atom is 0.290 e. The second-order valence-corrected chi connectivity index (χ2v) is 4.17. The molecule has 0 saturated carbocycles. The Labute approximate surface area is 96.6 Å². The lowest BCUT2D eigenvalue weighted by Crippen LogP contribution is -2.19. The molecular formula is C10H12N4OS. The maximum absolute atomic E-state index is 11.4. The molecule has 84 valence electrons. The Morgan fingerprint density at radius 2 is 2.38 bits per heavy atom. The monoisotopic (exact) mass is 236 g/mol. The van der Waals surface area contributed by atoms with Crippen molar-refractivity contribution < 1.29 is 0 Å². The summed E-state index contributed by atoms with van der Waals surface area (Å²) in [7, 11) is 0. The molecule has 0 bridgehead atoms. The van der Waals surface area contributed by atoms with Gasteiger partial charge >= 0.3 is 0 Å². The van der Waals surface area contributed by atoms with Crippen LogP contribution in [0.1, 0.15) is 24.4 Å². The summed E-state index contributed by atoms with van der Waals surface area (Å²) < 4.78 is 0. The van der Waals surface area contributed by atoms with E-state index in [4.69, 9.17) is 0 Å². The number of thiazole rings is 1. The van der Waals surface area contributed by atoms with E-state index in [9.17, 15) is 4.79 Å². The van der Waals surface area contributed by atoms with Gasteiger partial charge in [-0.15, -0.1) is 11.3 Å². The second kappa shape index (κ2) is 4.89. The Hall–Kier alpha value is -1.69. The number of nitrogens with zero attached hydrogens (tertiary/aromatic N) is 2. The number of hydrogen-bond acceptors (Lipinski definition) is 5. The molecule has 5 nitrogen and oxygen atoms in total. The number of H-pyrrole nitrogens is 1. The molecule has 2 aromatic rings. The molecule has 2 rings (SSSR count). The van der Waals surface area contributed by atoms with E-state index in [1.165, 1.54) is 6.20 Å². The number of aromatic nitrogens is 3. The fourth-order valence-corrected chi connectivity index (χ4v) is 2.14. The van der Waals surface area contributed by atoms with Crippen molar-refractivity contribution in [2.24, 2.45) is 0 Å². The Morgan fingerprint density at radius 1 is 1.50 bits per heavy atom. The fourth-order valence-electron chi connectivity index (χ4n) is 1.36. The first-order valence-electron chi connectivity index (χ1n) is 5.01. The highest BCUT2D eigenvalue weighted by molar-refractivity contribution is 7.09. The van der Waals surface area contributed by atoms with Gasteiger partial charge in [-0.05, 0) is 6.42 Å². The van der Waals surface area contributed by atoms with Crippen molar-refractivity contribution in [1.29, 1.82) is 0 Å². The van der Waals surface area contributed by atoms with Gasteiger partial charge in [0.15, 0.2) is 5.82 Å². The van der Waals surface area contributed by atoms with Crippen LogP contribution in [-0.4, -0.2) is 15.0 Å². The molecule has 0 saturated heterocycles. The number of rotatable bonds is 4. The zero-order valence-electron chi connectivity index (χ0n) is 8.80. The van der Waals surface area contributed by atoms with E-state index < -0.39 is 0 Å². The van der Waals surface area contributed by atoms with Crippen LogP contribution in [0.4, 0.5) is 5.82 Å². The SMILES string of the molecule is CCC(Nc1ncc[nH]c1=O)c1nccs1. The maximum atomic E-state index is 11.4. The van der Waals surface area contributed by atoms with E-state index in [-0.39, 0.29) is 11.6 Å². The van der Waals surface area contributed by atoms with Gasteiger partial charge in [-0.3, -0.25) is 4.79 Å². The van der Waals surface area contributed by atoms with Gasteiger partial charge in [0.05, 0.1) is 6.04 Å². The number of aromatic amines is 1. The van der Waals surface area contributed by atoms with E-state index in [2.05, 4.69) is 20.3 Å². The molecule has 0 spiro atoms. The molecule has 2 heterocycles. The zero-order chi connectivity index (χ0) is 11.4. The molecule has 6 heteroatoms. The molecular weight excluding hydrogens is 224 g/mol. The number of anilines is 1. The van der Waals surface area contributed by atoms with Crippen LogP contribution in [0.15, 0.2) is 28.8 Å². The van der Waals surface area contributed by atoms with Gasteiger partial charge in [-0.2, -0.15) is 0 Å². The molecule has 16 heavy (non-hydrogen) atoms. The van der Waals surface area contributed by atoms with Crippen molar-refractivity contribution >= 4 is 17.2 Å². The van der Waals surface area contributed by atoms with E-state index in [1.807, 2.05) is 12.3 Å². The van der Waals surface area contributed by atoms with Crippen LogP contribution in [0.3, 0.4) is 0 Å². The van der Waals surface area contributed by atoms with E-state index in [1.54, 1.807) is 23.7 Å². The van der Waals surface area contributed by atoms with Crippen LogP contribution in [0.5, 0.6) is 0 Å². The average molecular weight is 236 g/mol. The van der Waals surface area contributed by atoms with Gasteiger partial charge in [0.2, 0.25) is 0 Å². The molecule has 2 N–H and O–H groups in total. The highest BCUT2D eigenvalue weighted by Crippen LogP contribution is 2.21. The van der Waals surface area contributed by atoms with Crippen molar-refractivity contribution in [2.75, 3.05) is 5.32 Å². The first kappa shape index (κ1) is 10.8. The summed E-state index contributed by atoms with van der Waals surface area (Å²) in [6, 6.07) is 0.0380. The minimum atomic E-state index is -0.211. The highest BCUT2D eigenvalue weighted by atomic mass is 32.1. The van der Waals surface area contributed by atoms with Gasteiger partial charge in [0.25, 0.3) is 5.56 Å². The van der Waals surface area contributed by atoms with Crippen LogP contribution in [0.2, 0.25) is 0 Å². The molecule has 0 aliphatic heterocycles. The van der Waals surface area contributed by atoms with E-state index in [0.717, 1.165) is 11.4 Å². The van der Waals surface area contributed by atoms with E-state index in [0.29, 0.717) is 5.82 Å². The summed E-state index contributed by atoms with van der Waals surface area (Å²) in [5.41, 5.74) is -0.211. The molecule has 0 aliphatic carbocycles. The molecule has 0 aromatic carbocycles. The van der Waals surface area contributed by atoms with Gasteiger partial charge in [0, 0.05) is 24.0 Å². The third kappa shape index (κ3) is 2.27. The fraction of sp³-hybridized carbons (Fsp3) is 0.300. The Bertz CT molecular complexity index is 494. The third-order valence-corrected chi connectivity index (χ3v) is 3.07. The van der Waals surface area contributed by atoms with Crippen LogP contribution in [-0.2, 0) is 0 Å².